The number of ether oxygens (including phenoxy) is 1. The number of rotatable bonds is 2. The molecule has 0 unspecified atom stereocenters. The number of hydrogen-bond acceptors (Lipinski definition) is 2. The highest BCUT2D eigenvalue weighted by Gasteiger charge is 2.10. The molecule has 0 aromatic heterocycles. The Morgan fingerprint density at radius 2 is 2.23 bits per heavy atom. The SMILES string of the molecule is CNC(=O)c1cc(OC)ccc1F. The Morgan fingerprint density at radius 1 is 1.54 bits per heavy atom. The molecule has 1 amide bonds. The molecule has 0 aliphatic heterocycles. The van der Waals surface area contributed by atoms with Gasteiger partial charge in [0.1, 0.15) is 11.6 Å². The van der Waals surface area contributed by atoms with Crippen LogP contribution in [-0.4, -0.2) is 20.1 Å². The Morgan fingerprint density at radius 3 is 2.77 bits per heavy atom. The van der Waals surface area contributed by atoms with Crippen LogP contribution < -0.4 is 10.1 Å². The normalized spacial score (nSPS) is 9.46. The molecule has 70 valence electrons. The minimum Gasteiger partial charge on any atom is -0.497 e. The summed E-state index contributed by atoms with van der Waals surface area (Å²) in [7, 11) is 2.90. The van der Waals surface area contributed by atoms with Crippen LogP contribution in [0.4, 0.5) is 4.39 Å². The van der Waals surface area contributed by atoms with E-state index in [2.05, 4.69) is 5.32 Å². The molecule has 0 saturated carbocycles. The van der Waals surface area contributed by atoms with Crippen molar-refractivity contribution >= 4 is 5.91 Å². The topological polar surface area (TPSA) is 38.3 Å². The number of carbonyl (C=O) groups excluding carboxylic acids is 1. The van der Waals surface area contributed by atoms with E-state index in [1.54, 1.807) is 0 Å². The molecule has 0 bridgehead atoms. The molecular weight excluding hydrogens is 173 g/mol. The second-order valence-corrected chi connectivity index (χ2v) is 2.42. The van der Waals surface area contributed by atoms with E-state index in [0.717, 1.165) is 0 Å². The fraction of sp³-hybridized carbons (Fsp3) is 0.222. The van der Waals surface area contributed by atoms with Gasteiger partial charge in [0, 0.05) is 7.05 Å². The van der Waals surface area contributed by atoms with E-state index < -0.39 is 11.7 Å². The molecule has 0 atom stereocenters. The molecule has 1 aromatic rings. The molecular formula is C9H10FNO2. The van der Waals surface area contributed by atoms with E-state index >= 15 is 0 Å². The summed E-state index contributed by atoms with van der Waals surface area (Å²) in [5.41, 5.74) is -0.0122. The zero-order chi connectivity index (χ0) is 9.84. The van der Waals surface area contributed by atoms with Gasteiger partial charge in [0.25, 0.3) is 5.91 Å². The second kappa shape index (κ2) is 3.89. The zero-order valence-corrected chi connectivity index (χ0v) is 7.43. The lowest BCUT2D eigenvalue weighted by Gasteiger charge is -2.04. The fourth-order valence-corrected chi connectivity index (χ4v) is 0.940. The third-order valence-corrected chi connectivity index (χ3v) is 1.65. The summed E-state index contributed by atoms with van der Waals surface area (Å²) in [6, 6.07) is 4.01. The molecule has 1 N–H and O–H groups in total. The Hall–Kier alpha value is -1.58. The van der Waals surface area contributed by atoms with E-state index in [9.17, 15) is 9.18 Å². The molecule has 0 spiro atoms. The number of carbonyl (C=O) groups is 1. The van der Waals surface area contributed by atoms with Gasteiger partial charge in [0.2, 0.25) is 0 Å². The molecule has 0 radical (unpaired) electrons. The quantitative estimate of drug-likeness (QED) is 0.748. The van der Waals surface area contributed by atoms with Crippen LogP contribution in [0.15, 0.2) is 18.2 Å². The van der Waals surface area contributed by atoms with E-state index in [4.69, 9.17) is 4.74 Å². The van der Waals surface area contributed by atoms with Crippen molar-refractivity contribution in [3.63, 3.8) is 0 Å². The van der Waals surface area contributed by atoms with Gasteiger partial charge in [-0.05, 0) is 18.2 Å². The summed E-state index contributed by atoms with van der Waals surface area (Å²) in [6.45, 7) is 0. The van der Waals surface area contributed by atoms with Crippen LogP contribution in [0.2, 0.25) is 0 Å². The maximum Gasteiger partial charge on any atom is 0.254 e. The minimum absolute atomic E-state index is 0.0122. The molecule has 0 heterocycles. The summed E-state index contributed by atoms with van der Waals surface area (Å²) >= 11 is 0. The maximum absolute atomic E-state index is 13.0. The van der Waals surface area contributed by atoms with Crippen LogP contribution in [0, 0.1) is 5.82 Å². The van der Waals surface area contributed by atoms with Crippen LogP contribution in [0.25, 0.3) is 0 Å². The molecule has 1 rings (SSSR count). The molecule has 0 fully saturated rings. The summed E-state index contributed by atoms with van der Waals surface area (Å²) in [6.07, 6.45) is 0. The molecule has 4 heteroatoms. The Balaban J connectivity index is 3.11. The third-order valence-electron chi connectivity index (χ3n) is 1.65. The Bertz CT molecular complexity index is 325. The molecule has 3 nitrogen and oxygen atoms in total. The maximum atomic E-state index is 13.0. The zero-order valence-electron chi connectivity index (χ0n) is 7.43. The average Bonchev–Trinajstić information content (AvgIpc) is 2.17. The van der Waals surface area contributed by atoms with E-state index in [-0.39, 0.29) is 5.56 Å². The van der Waals surface area contributed by atoms with Gasteiger partial charge in [-0.25, -0.2) is 4.39 Å². The molecule has 0 aliphatic carbocycles. The van der Waals surface area contributed by atoms with Gasteiger partial charge in [0.15, 0.2) is 0 Å². The molecule has 0 saturated heterocycles. The minimum atomic E-state index is -0.555. The summed E-state index contributed by atoms with van der Waals surface area (Å²) in [5.74, 6) is -0.559. The molecule has 1 aromatic carbocycles. The van der Waals surface area contributed by atoms with Gasteiger partial charge in [-0.1, -0.05) is 0 Å². The van der Waals surface area contributed by atoms with Crippen molar-refractivity contribution in [2.24, 2.45) is 0 Å². The van der Waals surface area contributed by atoms with Crippen molar-refractivity contribution in [2.75, 3.05) is 14.2 Å². The van der Waals surface area contributed by atoms with Crippen molar-refractivity contribution in [1.82, 2.24) is 5.32 Å². The van der Waals surface area contributed by atoms with Crippen molar-refractivity contribution in [2.45, 2.75) is 0 Å². The standard InChI is InChI=1S/C9H10FNO2/c1-11-9(12)7-5-6(13-2)3-4-8(7)10/h3-5H,1-2H3,(H,11,12). The highest BCUT2D eigenvalue weighted by molar-refractivity contribution is 5.94. The van der Waals surface area contributed by atoms with Crippen LogP contribution in [0.3, 0.4) is 0 Å². The Kier molecular flexibility index (Phi) is 2.84. The predicted molar refractivity (Wildman–Crippen MR) is 46.3 cm³/mol. The highest BCUT2D eigenvalue weighted by Crippen LogP contribution is 2.15. The number of methoxy groups -OCH3 is 1. The van der Waals surface area contributed by atoms with Crippen molar-refractivity contribution < 1.29 is 13.9 Å². The van der Waals surface area contributed by atoms with Crippen molar-refractivity contribution in [1.29, 1.82) is 0 Å². The van der Waals surface area contributed by atoms with Crippen LogP contribution in [-0.2, 0) is 0 Å². The first kappa shape index (κ1) is 9.51. The predicted octanol–water partition coefficient (Wildman–Crippen LogP) is 1.19. The number of nitrogens with one attached hydrogen (secondary N) is 1. The number of amides is 1. The molecule has 0 aliphatic rings. The van der Waals surface area contributed by atoms with E-state index in [1.165, 1.54) is 32.4 Å². The largest absolute Gasteiger partial charge is 0.497 e. The summed E-state index contributed by atoms with van der Waals surface area (Å²) in [4.78, 5) is 11.1. The first-order valence-corrected chi connectivity index (χ1v) is 3.74. The first-order valence-electron chi connectivity index (χ1n) is 3.74. The van der Waals surface area contributed by atoms with Gasteiger partial charge < -0.3 is 10.1 Å². The van der Waals surface area contributed by atoms with Gasteiger partial charge >= 0.3 is 0 Å². The number of benzene rings is 1. The average molecular weight is 183 g/mol. The molecule has 13 heavy (non-hydrogen) atoms. The van der Waals surface area contributed by atoms with Gasteiger partial charge in [-0.3, -0.25) is 4.79 Å². The summed E-state index contributed by atoms with van der Waals surface area (Å²) < 4.78 is 17.9. The van der Waals surface area contributed by atoms with Gasteiger partial charge in [0.05, 0.1) is 12.7 Å². The van der Waals surface area contributed by atoms with Crippen molar-refractivity contribution in [3.05, 3.63) is 29.6 Å². The highest BCUT2D eigenvalue weighted by atomic mass is 19.1. The second-order valence-electron chi connectivity index (χ2n) is 2.42. The smallest absolute Gasteiger partial charge is 0.254 e. The van der Waals surface area contributed by atoms with Gasteiger partial charge in [-0.15, -0.1) is 0 Å². The Labute approximate surface area is 75.5 Å². The van der Waals surface area contributed by atoms with Crippen LogP contribution in [0.5, 0.6) is 5.75 Å². The fourth-order valence-electron chi connectivity index (χ4n) is 0.940. The monoisotopic (exact) mass is 183 g/mol. The van der Waals surface area contributed by atoms with Crippen LogP contribution in [0.1, 0.15) is 10.4 Å². The first-order chi connectivity index (χ1) is 6.19. The number of hydrogen-bond donors (Lipinski definition) is 1. The van der Waals surface area contributed by atoms with E-state index in [0.29, 0.717) is 5.75 Å². The van der Waals surface area contributed by atoms with Crippen molar-refractivity contribution in [3.8, 4) is 5.75 Å². The number of halogens is 1. The lowest BCUT2D eigenvalue weighted by molar-refractivity contribution is 0.0958. The lowest BCUT2D eigenvalue weighted by Crippen LogP contribution is -2.19. The van der Waals surface area contributed by atoms with E-state index in [1.807, 2.05) is 0 Å². The van der Waals surface area contributed by atoms with Crippen LogP contribution >= 0.6 is 0 Å². The van der Waals surface area contributed by atoms with Gasteiger partial charge in [-0.2, -0.15) is 0 Å². The lowest BCUT2D eigenvalue weighted by atomic mass is 10.2. The third kappa shape index (κ3) is 1.96. The summed E-state index contributed by atoms with van der Waals surface area (Å²) in [5, 5.41) is 2.34.